The molecule has 0 saturated carbocycles. The Hall–Kier alpha value is -1.06. The second kappa shape index (κ2) is 2.68. The van der Waals surface area contributed by atoms with E-state index in [-0.39, 0.29) is 12.1 Å². The topological polar surface area (TPSA) is 53.5 Å². The quantitative estimate of drug-likeness (QED) is 0.542. The van der Waals surface area contributed by atoms with Gasteiger partial charge in [-0.25, -0.2) is 10.2 Å². The number of rotatable bonds is 1. The Bertz CT molecular complexity index is 164. The van der Waals surface area contributed by atoms with Crippen LogP contribution in [-0.2, 0) is 0 Å². The molecule has 0 aromatic heterocycles. The van der Waals surface area contributed by atoms with E-state index in [1.54, 1.807) is 6.21 Å². The minimum atomic E-state index is -0.221. The molecule has 1 rings (SSSR count). The molecule has 4 nitrogen and oxygen atoms in total. The van der Waals surface area contributed by atoms with Crippen LogP contribution in [0.15, 0.2) is 5.10 Å². The molecule has 0 spiro atoms. The lowest BCUT2D eigenvalue weighted by molar-refractivity contribution is 0.236. The van der Waals surface area contributed by atoms with Crippen molar-refractivity contribution in [2.24, 2.45) is 11.0 Å². The average Bonchev–Trinajstić information content (AvgIpc) is 1.88. The first kappa shape index (κ1) is 7.05. The highest BCUT2D eigenvalue weighted by Gasteiger charge is 2.16. The summed E-state index contributed by atoms with van der Waals surface area (Å²) in [6, 6.07) is -0.144. The molecule has 0 fully saturated rings. The normalized spacial score (nSPS) is 24.3. The Morgan fingerprint density at radius 1 is 1.70 bits per heavy atom. The predicted molar refractivity (Wildman–Crippen MR) is 38.8 cm³/mol. The highest BCUT2D eigenvalue weighted by Crippen LogP contribution is 1.99. The van der Waals surface area contributed by atoms with E-state index in [0.29, 0.717) is 5.92 Å². The minimum absolute atomic E-state index is 0.0775. The Kier molecular flexibility index (Phi) is 1.89. The molecule has 2 N–H and O–H groups in total. The van der Waals surface area contributed by atoms with E-state index in [1.807, 2.05) is 13.8 Å². The van der Waals surface area contributed by atoms with Crippen molar-refractivity contribution in [3.63, 3.8) is 0 Å². The second-order valence-electron chi connectivity index (χ2n) is 2.63. The van der Waals surface area contributed by atoms with Gasteiger partial charge in [-0.15, -0.1) is 0 Å². The third-order valence-electron chi connectivity index (χ3n) is 1.42. The van der Waals surface area contributed by atoms with E-state index >= 15 is 0 Å². The van der Waals surface area contributed by atoms with Crippen LogP contribution >= 0.6 is 0 Å². The van der Waals surface area contributed by atoms with E-state index in [1.165, 1.54) is 0 Å². The molecule has 0 aromatic rings. The van der Waals surface area contributed by atoms with Crippen LogP contribution in [0.3, 0.4) is 0 Å². The molecule has 0 radical (unpaired) electrons. The summed E-state index contributed by atoms with van der Waals surface area (Å²) in [7, 11) is 0. The fourth-order valence-electron chi connectivity index (χ4n) is 0.736. The molecule has 1 heterocycles. The maximum Gasteiger partial charge on any atom is 0.335 e. The van der Waals surface area contributed by atoms with Crippen LogP contribution in [0.5, 0.6) is 0 Å². The number of nitrogens with zero attached hydrogens (tertiary/aromatic N) is 1. The van der Waals surface area contributed by atoms with Gasteiger partial charge in [-0.05, 0) is 5.92 Å². The van der Waals surface area contributed by atoms with Crippen LogP contribution in [-0.4, -0.2) is 18.3 Å². The van der Waals surface area contributed by atoms with Crippen LogP contribution in [0.4, 0.5) is 4.79 Å². The molecule has 1 atom stereocenters. The van der Waals surface area contributed by atoms with Gasteiger partial charge in [0.15, 0.2) is 0 Å². The molecular formula is C6H11N3O. The molecule has 0 saturated heterocycles. The average molecular weight is 141 g/mol. The summed E-state index contributed by atoms with van der Waals surface area (Å²) in [4.78, 5) is 10.6. The van der Waals surface area contributed by atoms with E-state index < -0.39 is 0 Å². The highest BCUT2D eigenvalue weighted by atomic mass is 16.2. The maximum atomic E-state index is 10.6. The van der Waals surface area contributed by atoms with Crippen LogP contribution in [0.2, 0.25) is 0 Å². The zero-order valence-electron chi connectivity index (χ0n) is 6.09. The molecule has 4 heteroatoms. The monoisotopic (exact) mass is 141 g/mol. The van der Waals surface area contributed by atoms with Crippen molar-refractivity contribution in [3.8, 4) is 0 Å². The number of amides is 2. The van der Waals surface area contributed by atoms with Crippen molar-refractivity contribution in [2.45, 2.75) is 19.9 Å². The smallest absolute Gasteiger partial charge is 0.329 e. The Morgan fingerprint density at radius 3 is 2.80 bits per heavy atom. The van der Waals surface area contributed by atoms with Gasteiger partial charge in [-0.1, -0.05) is 13.8 Å². The summed E-state index contributed by atoms with van der Waals surface area (Å²) < 4.78 is 0. The molecule has 2 amide bonds. The minimum Gasteiger partial charge on any atom is -0.329 e. The fourth-order valence-corrected chi connectivity index (χ4v) is 0.736. The van der Waals surface area contributed by atoms with Crippen LogP contribution in [0.25, 0.3) is 0 Å². The molecule has 0 aliphatic carbocycles. The highest BCUT2D eigenvalue weighted by molar-refractivity contribution is 5.83. The third-order valence-corrected chi connectivity index (χ3v) is 1.42. The fraction of sp³-hybridized carbons (Fsp3) is 0.667. The number of hydrogen-bond donors (Lipinski definition) is 2. The van der Waals surface area contributed by atoms with Gasteiger partial charge in [0.1, 0.15) is 0 Å². The largest absolute Gasteiger partial charge is 0.335 e. The Labute approximate surface area is 59.7 Å². The van der Waals surface area contributed by atoms with Gasteiger partial charge in [0.05, 0.1) is 6.04 Å². The van der Waals surface area contributed by atoms with Crippen molar-refractivity contribution in [2.75, 3.05) is 0 Å². The second-order valence-corrected chi connectivity index (χ2v) is 2.63. The summed E-state index contributed by atoms with van der Waals surface area (Å²) in [5.41, 5.74) is 2.29. The number of carbonyl (C=O) groups is 1. The summed E-state index contributed by atoms with van der Waals surface area (Å²) in [5, 5.41) is 6.39. The van der Waals surface area contributed by atoms with Crippen LogP contribution in [0.1, 0.15) is 13.8 Å². The van der Waals surface area contributed by atoms with Crippen LogP contribution in [0, 0.1) is 5.92 Å². The van der Waals surface area contributed by atoms with Gasteiger partial charge in [0.2, 0.25) is 0 Å². The van der Waals surface area contributed by atoms with Gasteiger partial charge in [-0.3, -0.25) is 0 Å². The van der Waals surface area contributed by atoms with Gasteiger partial charge in [0, 0.05) is 6.21 Å². The summed E-state index contributed by atoms with van der Waals surface area (Å²) in [6.45, 7) is 4.06. The zero-order chi connectivity index (χ0) is 7.56. The first-order chi connectivity index (χ1) is 4.70. The SMILES string of the molecule is CC(C)C1C=NNC(=O)N1. The Balaban J connectivity index is 2.55. The van der Waals surface area contributed by atoms with E-state index in [0.717, 1.165) is 0 Å². The third kappa shape index (κ3) is 1.46. The molecule has 0 bridgehead atoms. The lowest BCUT2D eigenvalue weighted by atomic mass is 10.1. The van der Waals surface area contributed by atoms with Gasteiger partial charge >= 0.3 is 6.03 Å². The lowest BCUT2D eigenvalue weighted by Crippen LogP contribution is -2.47. The zero-order valence-corrected chi connectivity index (χ0v) is 6.09. The lowest BCUT2D eigenvalue weighted by Gasteiger charge is -2.20. The summed E-state index contributed by atoms with van der Waals surface area (Å²) >= 11 is 0. The molecule has 1 aliphatic heterocycles. The van der Waals surface area contributed by atoms with Crippen LogP contribution < -0.4 is 10.7 Å². The molecule has 1 unspecified atom stereocenters. The van der Waals surface area contributed by atoms with Crippen molar-refractivity contribution < 1.29 is 4.79 Å². The molecule has 10 heavy (non-hydrogen) atoms. The van der Waals surface area contributed by atoms with Crippen molar-refractivity contribution >= 4 is 12.2 Å². The van der Waals surface area contributed by atoms with E-state index in [2.05, 4.69) is 15.8 Å². The standard InChI is InChI=1S/C6H11N3O/c1-4(2)5-3-7-9-6(10)8-5/h3-5H,1-2H3,(H2,8,9,10). The van der Waals surface area contributed by atoms with Gasteiger partial charge < -0.3 is 5.32 Å². The summed E-state index contributed by atoms with van der Waals surface area (Å²) in [6.07, 6.45) is 1.70. The van der Waals surface area contributed by atoms with Gasteiger partial charge in [-0.2, -0.15) is 5.10 Å². The first-order valence-corrected chi connectivity index (χ1v) is 3.30. The van der Waals surface area contributed by atoms with Crippen molar-refractivity contribution in [1.29, 1.82) is 0 Å². The predicted octanol–water partition coefficient (Wildman–Crippen LogP) is 0.310. The summed E-state index contributed by atoms with van der Waals surface area (Å²) in [5.74, 6) is 0.398. The number of hydrazone groups is 1. The number of carbonyl (C=O) groups excluding carboxylic acids is 1. The number of urea groups is 1. The van der Waals surface area contributed by atoms with E-state index in [4.69, 9.17) is 0 Å². The van der Waals surface area contributed by atoms with Gasteiger partial charge in [0.25, 0.3) is 0 Å². The van der Waals surface area contributed by atoms with E-state index in [9.17, 15) is 4.79 Å². The van der Waals surface area contributed by atoms with Crippen molar-refractivity contribution in [1.82, 2.24) is 10.7 Å². The molecular weight excluding hydrogens is 130 g/mol. The maximum absolute atomic E-state index is 10.6. The molecule has 1 aliphatic rings. The molecule has 56 valence electrons. The first-order valence-electron chi connectivity index (χ1n) is 3.30. The number of nitrogens with one attached hydrogen (secondary N) is 2. The number of hydrogen-bond acceptors (Lipinski definition) is 2. The molecule has 0 aromatic carbocycles. The Morgan fingerprint density at radius 2 is 2.40 bits per heavy atom. The van der Waals surface area contributed by atoms with Crippen molar-refractivity contribution in [3.05, 3.63) is 0 Å².